The van der Waals surface area contributed by atoms with Gasteiger partial charge in [0, 0.05) is 10.7 Å². The highest BCUT2D eigenvalue weighted by atomic mass is 79.9. The molecule has 2 aromatic rings. The zero-order chi connectivity index (χ0) is 14.4. The fraction of sp³-hybridized carbons (Fsp3) is 0.143. The number of benzene rings is 1. The van der Waals surface area contributed by atoms with Gasteiger partial charge in [-0.2, -0.15) is 0 Å². The number of pyridine rings is 1. The molecular weight excluding hydrogens is 340 g/mol. The molecule has 0 radical (unpaired) electrons. The van der Waals surface area contributed by atoms with Crippen LogP contribution in [0, 0.1) is 0 Å². The summed E-state index contributed by atoms with van der Waals surface area (Å²) in [5.74, 6) is 1.35. The van der Waals surface area contributed by atoms with Gasteiger partial charge in [0.2, 0.25) is 0 Å². The Labute approximate surface area is 131 Å². The van der Waals surface area contributed by atoms with E-state index in [1.165, 1.54) is 0 Å². The average molecular weight is 353 g/mol. The van der Waals surface area contributed by atoms with Crippen LogP contribution >= 0.6 is 28.1 Å². The first-order valence-corrected chi connectivity index (χ1v) is 7.12. The van der Waals surface area contributed by atoms with Gasteiger partial charge in [0.25, 0.3) is 0 Å². The van der Waals surface area contributed by atoms with Crippen LogP contribution in [-0.2, 0) is 0 Å². The molecule has 0 amide bonds. The fourth-order valence-corrected chi connectivity index (χ4v) is 2.09. The van der Waals surface area contributed by atoms with E-state index in [1.807, 2.05) is 30.3 Å². The van der Waals surface area contributed by atoms with Crippen molar-refractivity contribution in [2.45, 2.75) is 0 Å². The minimum Gasteiger partial charge on any atom is -0.489 e. The maximum atomic E-state index is 5.63. The quantitative estimate of drug-likeness (QED) is 0.639. The van der Waals surface area contributed by atoms with Crippen molar-refractivity contribution < 1.29 is 9.47 Å². The molecule has 0 aliphatic carbocycles. The lowest BCUT2D eigenvalue weighted by molar-refractivity contribution is 0.216. The van der Waals surface area contributed by atoms with E-state index in [-0.39, 0.29) is 0 Å². The summed E-state index contributed by atoms with van der Waals surface area (Å²) in [5, 5.41) is 0. The monoisotopic (exact) mass is 352 g/mol. The number of para-hydroxylation sites is 1. The van der Waals surface area contributed by atoms with Crippen LogP contribution in [0.25, 0.3) is 0 Å². The molecule has 0 aliphatic rings. The Hall–Kier alpha value is -1.66. The van der Waals surface area contributed by atoms with E-state index >= 15 is 0 Å². The minimum absolute atomic E-state index is 0.317. The number of halogens is 1. The van der Waals surface area contributed by atoms with Gasteiger partial charge in [-0.3, -0.25) is 4.98 Å². The third kappa shape index (κ3) is 4.18. The summed E-state index contributed by atoms with van der Waals surface area (Å²) in [6.07, 6.45) is 3.34. The van der Waals surface area contributed by atoms with E-state index in [9.17, 15) is 0 Å². The van der Waals surface area contributed by atoms with Gasteiger partial charge in [0.15, 0.2) is 0 Å². The third-order valence-corrected chi connectivity index (χ3v) is 3.10. The molecule has 1 heterocycles. The Morgan fingerprint density at radius 3 is 2.70 bits per heavy atom. The summed E-state index contributed by atoms with van der Waals surface area (Å²) in [6.45, 7) is 0.802. The summed E-state index contributed by atoms with van der Waals surface area (Å²) < 4.78 is 12.0. The summed E-state index contributed by atoms with van der Waals surface area (Å²) in [5.41, 5.74) is 6.36. The standard InChI is InChI=1S/C14H13BrN2O2S/c15-10-7-11(9-17-8-10)18-5-6-19-13-4-2-1-3-12(13)14(16)20/h1-4,7-9H,5-6H2,(H2,16,20). The van der Waals surface area contributed by atoms with Gasteiger partial charge >= 0.3 is 0 Å². The second-order valence-electron chi connectivity index (χ2n) is 3.90. The number of rotatable bonds is 6. The second-order valence-corrected chi connectivity index (χ2v) is 5.25. The molecule has 0 saturated carbocycles. The van der Waals surface area contributed by atoms with Crippen molar-refractivity contribution in [3.63, 3.8) is 0 Å². The van der Waals surface area contributed by atoms with Crippen LogP contribution in [-0.4, -0.2) is 23.2 Å². The van der Waals surface area contributed by atoms with E-state index in [0.29, 0.717) is 29.7 Å². The van der Waals surface area contributed by atoms with Crippen molar-refractivity contribution in [1.82, 2.24) is 4.98 Å². The Morgan fingerprint density at radius 1 is 1.20 bits per heavy atom. The summed E-state index contributed by atoms with van der Waals surface area (Å²) in [7, 11) is 0. The highest BCUT2D eigenvalue weighted by Gasteiger charge is 2.05. The topological polar surface area (TPSA) is 57.4 Å². The predicted molar refractivity (Wildman–Crippen MR) is 85.3 cm³/mol. The molecule has 0 fully saturated rings. The second kappa shape index (κ2) is 7.21. The van der Waals surface area contributed by atoms with Gasteiger partial charge in [0.1, 0.15) is 29.7 Å². The van der Waals surface area contributed by atoms with Crippen LogP contribution in [0.3, 0.4) is 0 Å². The van der Waals surface area contributed by atoms with Crippen molar-refractivity contribution >= 4 is 33.1 Å². The van der Waals surface area contributed by atoms with Crippen LogP contribution in [0.5, 0.6) is 11.5 Å². The molecule has 0 atom stereocenters. The molecule has 2 N–H and O–H groups in total. The molecule has 1 aromatic carbocycles. The number of hydrogen-bond acceptors (Lipinski definition) is 4. The SMILES string of the molecule is NC(=S)c1ccccc1OCCOc1cncc(Br)c1. The third-order valence-electron chi connectivity index (χ3n) is 2.44. The zero-order valence-corrected chi connectivity index (χ0v) is 13.0. The van der Waals surface area contributed by atoms with E-state index in [0.717, 1.165) is 10.0 Å². The molecule has 20 heavy (non-hydrogen) atoms. The smallest absolute Gasteiger partial charge is 0.138 e. The van der Waals surface area contributed by atoms with Crippen LogP contribution in [0.2, 0.25) is 0 Å². The molecule has 0 spiro atoms. The molecule has 104 valence electrons. The molecule has 4 nitrogen and oxygen atoms in total. The van der Waals surface area contributed by atoms with Crippen molar-refractivity contribution in [2.75, 3.05) is 13.2 Å². The number of hydrogen-bond donors (Lipinski definition) is 1. The number of nitrogens with zero attached hydrogens (tertiary/aromatic N) is 1. The van der Waals surface area contributed by atoms with Crippen LogP contribution < -0.4 is 15.2 Å². The molecule has 0 unspecified atom stereocenters. The average Bonchev–Trinajstić information content (AvgIpc) is 2.44. The lowest BCUT2D eigenvalue weighted by Crippen LogP contribution is -2.14. The molecule has 2 rings (SSSR count). The molecule has 0 aliphatic heterocycles. The number of nitrogens with two attached hydrogens (primary N) is 1. The van der Waals surface area contributed by atoms with Crippen molar-refractivity contribution in [3.8, 4) is 11.5 Å². The van der Waals surface area contributed by atoms with Crippen LogP contribution in [0.15, 0.2) is 47.2 Å². The molecule has 0 saturated heterocycles. The van der Waals surface area contributed by atoms with E-state index in [4.69, 9.17) is 27.4 Å². The highest BCUT2D eigenvalue weighted by molar-refractivity contribution is 9.10. The van der Waals surface area contributed by atoms with Gasteiger partial charge in [-0.25, -0.2) is 0 Å². The first kappa shape index (κ1) is 14.7. The fourth-order valence-electron chi connectivity index (χ4n) is 1.58. The Balaban J connectivity index is 1.86. The van der Waals surface area contributed by atoms with Gasteiger partial charge in [0.05, 0.1) is 11.8 Å². The minimum atomic E-state index is 0.317. The maximum Gasteiger partial charge on any atom is 0.138 e. The van der Waals surface area contributed by atoms with Crippen molar-refractivity contribution in [1.29, 1.82) is 0 Å². The van der Waals surface area contributed by atoms with Gasteiger partial charge in [-0.05, 0) is 34.1 Å². The van der Waals surface area contributed by atoms with Crippen molar-refractivity contribution in [2.24, 2.45) is 5.73 Å². The first-order valence-electron chi connectivity index (χ1n) is 5.92. The van der Waals surface area contributed by atoms with E-state index < -0.39 is 0 Å². The normalized spacial score (nSPS) is 10.1. The molecule has 6 heteroatoms. The Morgan fingerprint density at radius 2 is 1.95 bits per heavy atom. The summed E-state index contributed by atoms with van der Waals surface area (Å²) in [6, 6.07) is 9.24. The van der Waals surface area contributed by atoms with Gasteiger partial charge in [-0.15, -0.1) is 0 Å². The van der Waals surface area contributed by atoms with Gasteiger partial charge in [-0.1, -0.05) is 24.4 Å². The number of aromatic nitrogens is 1. The zero-order valence-electron chi connectivity index (χ0n) is 10.6. The number of thiocarbonyl (C=S) groups is 1. The Bertz CT molecular complexity index is 607. The van der Waals surface area contributed by atoms with Crippen LogP contribution in [0.1, 0.15) is 5.56 Å². The Kier molecular flexibility index (Phi) is 5.31. The lowest BCUT2D eigenvalue weighted by Gasteiger charge is -2.11. The largest absolute Gasteiger partial charge is 0.489 e. The van der Waals surface area contributed by atoms with Gasteiger partial charge < -0.3 is 15.2 Å². The van der Waals surface area contributed by atoms with E-state index in [2.05, 4.69) is 20.9 Å². The summed E-state index contributed by atoms with van der Waals surface area (Å²) in [4.78, 5) is 4.33. The van der Waals surface area contributed by atoms with E-state index in [1.54, 1.807) is 12.4 Å². The summed E-state index contributed by atoms with van der Waals surface area (Å²) >= 11 is 8.30. The molecular formula is C14H13BrN2O2S. The van der Waals surface area contributed by atoms with Crippen LogP contribution in [0.4, 0.5) is 0 Å². The molecule has 0 bridgehead atoms. The molecule has 1 aromatic heterocycles. The predicted octanol–water partition coefficient (Wildman–Crippen LogP) is 2.94. The number of ether oxygens (including phenoxy) is 2. The maximum absolute atomic E-state index is 5.63. The first-order chi connectivity index (χ1) is 9.66. The van der Waals surface area contributed by atoms with Crippen molar-refractivity contribution in [3.05, 3.63) is 52.8 Å². The highest BCUT2D eigenvalue weighted by Crippen LogP contribution is 2.18. The lowest BCUT2D eigenvalue weighted by atomic mass is 10.2.